The molecule has 0 aliphatic carbocycles. The van der Waals surface area contributed by atoms with Crippen molar-refractivity contribution in [1.82, 2.24) is 0 Å². The number of anilines is 1. The van der Waals surface area contributed by atoms with E-state index in [1.165, 1.54) is 0 Å². The van der Waals surface area contributed by atoms with Gasteiger partial charge in [0, 0.05) is 11.8 Å². The molecule has 5 nitrogen and oxygen atoms in total. The fraction of sp³-hybridized carbons (Fsp3) is 0.533. The van der Waals surface area contributed by atoms with Crippen LogP contribution in [-0.4, -0.2) is 25.4 Å². The van der Waals surface area contributed by atoms with Crippen molar-refractivity contribution in [2.75, 3.05) is 18.5 Å². The van der Waals surface area contributed by atoms with E-state index in [1.807, 2.05) is 27.7 Å². The summed E-state index contributed by atoms with van der Waals surface area (Å²) in [6.07, 6.45) is 0.205. The molecule has 0 saturated carbocycles. The van der Waals surface area contributed by atoms with Crippen molar-refractivity contribution in [1.29, 1.82) is 0 Å². The summed E-state index contributed by atoms with van der Waals surface area (Å²) >= 11 is 0. The SMILES string of the molecule is CCOc1ccc(NC(=O)OC(C)CC)cc1OCC. The van der Waals surface area contributed by atoms with Crippen LogP contribution in [0.25, 0.3) is 0 Å². The maximum atomic E-state index is 11.7. The zero-order valence-corrected chi connectivity index (χ0v) is 12.6. The van der Waals surface area contributed by atoms with Crippen LogP contribution in [0, 0.1) is 0 Å². The lowest BCUT2D eigenvalue weighted by molar-refractivity contribution is 0.118. The van der Waals surface area contributed by atoms with Crippen LogP contribution in [0.5, 0.6) is 11.5 Å². The molecule has 112 valence electrons. The van der Waals surface area contributed by atoms with Gasteiger partial charge in [-0.1, -0.05) is 6.92 Å². The van der Waals surface area contributed by atoms with Crippen LogP contribution in [0.2, 0.25) is 0 Å². The Hall–Kier alpha value is -1.91. The van der Waals surface area contributed by atoms with Gasteiger partial charge in [0.05, 0.1) is 13.2 Å². The summed E-state index contributed by atoms with van der Waals surface area (Å²) in [6, 6.07) is 5.26. The van der Waals surface area contributed by atoms with Gasteiger partial charge in [0.25, 0.3) is 0 Å². The summed E-state index contributed by atoms with van der Waals surface area (Å²) in [6.45, 7) is 8.70. The smallest absolute Gasteiger partial charge is 0.411 e. The lowest BCUT2D eigenvalue weighted by Gasteiger charge is -2.14. The van der Waals surface area contributed by atoms with E-state index in [2.05, 4.69) is 5.32 Å². The highest BCUT2D eigenvalue weighted by atomic mass is 16.6. The van der Waals surface area contributed by atoms with Crippen LogP contribution >= 0.6 is 0 Å². The van der Waals surface area contributed by atoms with Crippen molar-refractivity contribution in [2.45, 2.75) is 40.2 Å². The molecule has 0 aliphatic heterocycles. The third-order valence-corrected chi connectivity index (χ3v) is 2.67. The normalized spacial score (nSPS) is 11.6. The number of benzene rings is 1. The number of hydrogen-bond acceptors (Lipinski definition) is 4. The Kier molecular flexibility index (Phi) is 6.70. The third-order valence-electron chi connectivity index (χ3n) is 2.67. The van der Waals surface area contributed by atoms with Crippen molar-refractivity contribution in [2.24, 2.45) is 0 Å². The number of rotatable bonds is 7. The van der Waals surface area contributed by atoms with Crippen molar-refractivity contribution in [3.63, 3.8) is 0 Å². The molecule has 1 amide bonds. The molecular formula is C15H23NO4. The second-order valence-corrected chi connectivity index (χ2v) is 4.28. The zero-order valence-electron chi connectivity index (χ0n) is 12.6. The van der Waals surface area contributed by atoms with Crippen molar-refractivity contribution in [3.8, 4) is 11.5 Å². The van der Waals surface area contributed by atoms with Gasteiger partial charge in [-0.15, -0.1) is 0 Å². The summed E-state index contributed by atoms with van der Waals surface area (Å²) in [5.41, 5.74) is 0.616. The molecule has 0 saturated heterocycles. The first-order valence-electron chi connectivity index (χ1n) is 6.97. The molecule has 0 aromatic heterocycles. The fourth-order valence-electron chi connectivity index (χ4n) is 1.54. The monoisotopic (exact) mass is 281 g/mol. The molecule has 5 heteroatoms. The third kappa shape index (κ3) is 4.99. The Morgan fingerprint density at radius 2 is 1.80 bits per heavy atom. The van der Waals surface area contributed by atoms with E-state index < -0.39 is 6.09 Å². The van der Waals surface area contributed by atoms with Gasteiger partial charge in [0.15, 0.2) is 11.5 Å². The molecule has 1 rings (SSSR count). The molecule has 1 aromatic carbocycles. The maximum absolute atomic E-state index is 11.7. The summed E-state index contributed by atoms with van der Waals surface area (Å²) in [7, 11) is 0. The first kappa shape index (κ1) is 16.1. The van der Waals surface area contributed by atoms with Crippen LogP contribution < -0.4 is 14.8 Å². The van der Waals surface area contributed by atoms with Crippen LogP contribution in [0.3, 0.4) is 0 Å². The molecule has 0 aliphatic rings. The van der Waals surface area contributed by atoms with E-state index in [-0.39, 0.29) is 6.10 Å². The zero-order chi connectivity index (χ0) is 15.0. The van der Waals surface area contributed by atoms with Crippen molar-refractivity contribution < 1.29 is 19.0 Å². The quantitative estimate of drug-likeness (QED) is 0.825. The lowest BCUT2D eigenvalue weighted by atomic mass is 10.2. The minimum absolute atomic E-state index is 0.107. The highest BCUT2D eigenvalue weighted by molar-refractivity contribution is 5.85. The van der Waals surface area contributed by atoms with Crippen LogP contribution in [0.1, 0.15) is 34.1 Å². The molecule has 20 heavy (non-hydrogen) atoms. The first-order valence-corrected chi connectivity index (χ1v) is 6.97. The van der Waals surface area contributed by atoms with Gasteiger partial charge in [-0.2, -0.15) is 0 Å². The van der Waals surface area contributed by atoms with E-state index >= 15 is 0 Å². The molecule has 0 radical (unpaired) electrons. The molecule has 0 spiro atoms. The minimum Gasteiger partial charge on any atom is -0.490 e. The fourth-order valence-corrected chi connectivity index (χ4v) is 1.54. The van der Waals surface area contributed by atoms with Gasteiger partial charge >= 0.3 is 6.09 Å². The Labute approximate surface area is 120 Å². The summed E-state index contributed by atoms with van der Waals surface area (Å²) in [5.74, 6) is 1.27. The molecule has 0 heterocycles. The number of carbonyl (C=O) groups is 1. The van der Waals surface area contributed by atoms with Gasteiger partial charge < -0.3 is 14.2 Å². The minimum atomic E-state index is -0.467. The van der Waals surface area contributed by atoms with Gasteiger partial charge in [0.2, 0.25) is 0 Å². The molecule has 0 bridgehead atoms. The molecule has 1 atom stereocenters. The Morgan fingerprint density at radius 1 is 1.15 bits per heavy atom. The van der Waals surface area contributed by atoms with E-state index in [0.29, 0.717) is 30.4 Å². The predicted molar refractivity (Wildman–Crippen MR) is 78.6 cm³/mol. The van der Waals surface area contributed by atoms with Crippen LogP contribution in [-0.2, 0) is 4.74 Å². The highest BCUT2D eigenvalue weighted by Gasteiger charge is 2.10. The molecule has 1 N–H and O–H groups in total. The second-order valence-electron chi connectivity index (χ2n) is 4.28. The summed E-state index contributed by atoms with van der Waals surface area (Å²) in [4.78, 5) is 11.7. The Bertz CT molecular complexity index is 434. The Morgan fingerprint density at radius 3 is 2.40 bits per heavy atom. The molecular weight excluding hydrogens is 258 g/mol. The van der Waals surface area contributed by atoms with Gasteiger partial charge in [-0.05, 0) is 39.3 Å². The topological polar surface area (TPSA) is 56.8 Å². The van der Waals surface area contributed by atoms with Crippen molar-refractivity contribution >= 4 is 11.8 Å². The number of amides is 1. The van der Waals surface area contributed by atoms with E-state index in [0.717, 1.165) is 6.42 Å². The number of ether oxygens (including phenoxy) is 3. The van der Waals surface area contributed by atoms with Crippen LogP contribution in [0.15, 0.2) is 18.2 Å². The number of carbonyl (C=O) groups excluding carboxylic acids is 1. The number of hydrogen-bond donors (Lipinski definition) is 1. The average molecular weight is 281 g/mol. The molecule has 1 unspecified atom stereocenters. The predicted octanol–water partition coefficient (Wildman–Crippen LogP) is 3.83. The summed E-state index contributed by atoms with van der Waals surface area (Å²) < 4.78 is 16.1. The highest BCUT2D eigenvalue weighted by Crippen LogP contribution is 2.30. The van der Waals surface area contributed by atoms with Gasteiger partial charge in [0.1, 0.15) is 6.10 Å². The second kappa shape index (κ2) is 8.30. The lowest BCUT2D eigenvalue weighted by Crippen LogP contribution is -2.19. The first-order chi connectivity index (χ1) is 9.60. The largest absolute Gasteiger partial charge is 0.490 e. The van der Waals surface area contributed by atoms with Gasteiger partial charge in [-0.25, -0.2) is 4.79 Å². The van der Waals surface area contributed by atoms with E-state index in [1.54, 1.807) is 18.2 Å². The van der Waals surface area contributed by atoms with Gasteiger partial charge in [-0.3, -0.25) is 5.32 Å². The van der Waals surface area contributed by atoms with E-state index in [4.69, 9.17) is 14.2 Å². The standard InChI is InChI=1S/C15H23NO4/c1-5-11(4)20-15(17)16-12-8-9-13(18-6-2)14(10-12)19-7-3/h8-11H,5-7H2,1-4H3,(H,16,17). The molecule has 0 fully saturated rings. The summed E-state index contributed by atoms with van der Waals surface area (Å²) in [5, 5.41) is 2.68. The van der Waals surface area contributed by atoms with Crippen molar-refractivity contribution in [3.05, 3.63) is 18.2 Å². The van der Waals surface area contributed by atoms with Crippen LogP contribution in [0.4, 0.5) is 10.5 Å². The average Bonchev–Trinajstić information content (AvgIpc) is 2.42. The van der Waals surface area contributed by atoms with E-state index in [9.17, 15) is 4.79 Å². The maximum Gasteiger partial charge on any atom is 0.411 e. The Balaban J connectivity index is 2.75. The number of nitrogens with one attached hydrogen (secondary N) is 1. The molecule has 1 aromatic rings.